The summed E-state index contributed by atoms with van der Waals surface area (Å²) < 4.78 is 43.5. The Bertz CT molecular complexity index is 806. The predicted molar refractivity (Wildman–Crippen MR) is 81.5 cm³/mol. The van der Waals surface area contributed by atoms with E-state index >= 15 is 0 Å². The third-order valence-corrected chi connectivity index (χ3v) is 4.01. The maximum Gasteiger partial charge on any atom is 0.416 e. The number of ether oxygens (including phenoxy) is 1. The molecule has 5 nitrogen and oxygen atoms in total. The number of nitrogens with one attached hydrogen (secondary N) is 1. The average Bonchev–Trinajstić information content (AvgIpc) is 3.10. The average molecular weight is 349 g/mol. The number of halogens is 3. The van der Waals surface area contributed by atoms with Crippen LogP contribution in [0.5, 0.6) is 0 Å². The molecule has 0 unspecified atom stereocenters. The molecule has 1 fully saturated rings. The molecule has 0 saturated carbocycles. The number of hydrogen-bond donors (Lipinski definition) is 1. The van der Waals surface area contributed by atoms with E-state index in [0.29, 0.717) is 17.7 Å². The van der Waals surface area contributed by atoms with Crippen LogP contribution in [-0.2, 0) is 10.9 Å². The second kappa shape index (κ2) is 6.61. The van der Waals surface area contributed by atoms with Crippen LogP contribution in [0.2, 0.25) is 0 Å². The Morgan fingerprint density at radius 3 is 2.64 bits per heavy atom. The van der Waals surface area contributed by atoms with Gasteiger partial charge in [0, 0.05) is 12.7 Å². The van der Waals surface area contributed by atoms with Crippen molar-refractivity contribution >= 4 is 5.91 Å². The Hall–Kier alpha value is -2.79. The first kappa shape index (κ1) is 17.0. The number of nitrogens with zero attached hydrogens (tertiary/aromatic N) is 2. The van der Waals surface area contributed by atoms with Gasteiger partial charge in [0.2, 0.25) is 0 Å². The van der Waals surface area contributed by atoms with Crippen molar-refractivity contribution in [3.63, 3.8) is 0 Å². The van der Waals surface area contributed by atoms with E-state index in [1.54, 1.807) is 4.90 Å². The first-order valence-electron chi connectivity index (χ1n) is 7.55. The maximum atomic E-state index is 12.6. The van der Waals surface area contributed by atoms with Gasteiger partial charge in [0.15, 0.2) is 0 Å². The Kier molecular flexibility index (Phi) is 4.51. The minimum absolute atomic E-state index is 0.233. The van der Waals surface area contributed by atoms with Crippen molar-refractivity contribution in [3.05, 3.63) is 58.9 Å². The Morgan fingerprint density at radius 2 is 2.04 bits per heavy atom. The van der Waals surface area contributed by atoms with Gasteiger partial charge in [-0.3, -0.25) is 4.79 Å². The lowest BCUT2D eigenvalue weighted by Crippen LogP contribution is -2.42. The van der Waals surface area contributed by atoms with Gasteiger partial charge in [-0.2, -0.15) is 18.4 Å². The monoisotopic (exact) mass is 349 g/mol. The van der Waals surface area contributed by atoms with Crippen LogP contribution in [0.4, 0.5) is 13.2 Å². The number of aromatic amines is 1. The largest absolute Gasteiger partial charge is 0.416 e. The minimum Gasteiger partial charge on any atom is -0.370 e. The molecule has 1 saturated heterocycles. The van der Waals surface area contributed by atoms with Gasteiger partial charge in [0.1, 0.15) is 17.9 Å². The van der Waals surface area contributed by atoms with E-state index in [9.17, 15) is 18.0 Å². The van der Waals surface area contributed by atoms with E-state index < -0.39 is 17.8 Å². The Morgan fingerprint density at radius 1 is 1.32 bits per heavy atom. The summed E-state index contributed by atoms with van der Waals surface area (Å²) in [5.41, 5.74) is 0.508. The highest BCUT2D eigenvalue weighted by Crippen LogP contribution is 2.31. The summed E-state index contributed by atoms with van der Waals surface area (Å²) in [6.45, 7) is 0.896. The zero-order valence-corrected chi connectivity index (χ0v) is 13.0. The number of hydrogen-bond acceptors (Lipinski definition) is 3. The molecule has 1 aromatic carbocycles. The lowest BCUT2D eigenvalue weighted by molar-refractivity contribution is -0.137. The highest BCUT2D eigenvalue weighted by Gasteiger charge is 2.31. The van der Waals surface area contributed by atoms with Crippen molar-refractivity contribution in [1.82, 2.24) is 9.88 Å². The second-order valence-corrected chi connectivity index (χ2v) is 5.64. The fraction of sp³-hybridized carbons (Fsp3) is 0.294. The van der Waals surface area contributed by atoms with Crippen LogP contribution in [0.25, 0.3) is 0 Å². The normalized spacial score (nSPS) is 18.0. The number of carbonyl (C=O) groups excluding carboxylic acids is 1. The lowest BCUT2D eigenvalue weighted by atomic mass is 10.0. The highest BCUT2D eigenvalue weighted by molar-refractivity contribution is 5.94. The van der Waals surface area contributed by atoms with Crippen LogP contribution in [0.1, 0.15) is 33.3 Å². The predicted octanol–water partition coefficient (Wildman–Crippen LogP) is 3.12. The third kappa shape index (κ3) is 3.67. The number of morpholine rings is 1. The van der Waals surface area contributed by atoms with Crippen molar-refractivity contribution in [2.24, 2.45) is 0 Å². The molecular weight excluding hydrogens is 335 g/mol. The van der Waals surface area contributed by atoms with E-state index in [4.69, 9.17) is 10.00 Å². The van der Waals surface area contributed by atoms with E-state index in [-0.39, 0.29) is 24.8 Å². The minimum atomic E-state index is -4.39. The Balaban J connectivity index is 1.72. The smallest absolute Gasteiger partial charge is 0.370 e. The molecule has 0 aliphatic carbocycles. The molecule has 1 N–H and O–H groups in total. The molecular formula is C17H14F3N3O2. The molecule has 1 aromatic heterocycles. The van der Waals surface area contributed by atoms with Crippen molar-refractivity contribution in [3.8, 4) is 6.07 Å². The van der Waals surface area contributed by atoms with Crippen LogP contribution < -0.4 is 0 Å². The van der Waals surface area contributed by atoms with Gasteiger partial charge >= 0.3 is 6.18 Å². The molecule has 130 valence electrons. The summed E-state index contributed by atoms with van der Waals surface area (Å²) in [6, 6.07) is 8.12. The molecule has 1 aliphatic rings. The molecule has 0 bridgehead atoms. The zero-order chi connectivity index (χ0) is 18.0. The highest BCUT2D eigenvalue weighted by atomic mass is 19.4. The number of alkyl halides is 3. The summed E-state index contributed by atoms with van der Waals surface area (Å²) in [6.07, 6.45) is -3.42. The van der Waals surface area contributed by atoms with E-state index in [1.807, 2.05) is 6.07 Å². The molecule has 0 spiro atoms. The lowest BCUT2D eigenvalue weighted by Gasteiger charge is -2.33. The van der Waals surface area contributed by atoms with Crippen molar-refractivity contribution in [2.45, 2.75) is 12.3 Å². The van der Waals surface area contributed by atoms with Gasteiger partial charge in [-0.15, -0.1) is 0 Å². The first-order chi connectivity index (χ1) is 11.9. The molecule has 1 atom stereocenters. The fourth-order valence-corrected chi connectivity index (χ4v) is 2.69. The van der Waals surface area contributed by atoms with Crippen LogP contribution in [0, 0.1) is 11.3 Å². The van der Waals surface area contributed by atoms with Gasteiger partial charge in [0.05, 0.1) is 24.3 Å². The van der Waals surface area contributed by atoms with Crippen LogP contribution in [0.15, 0.2) is 36.5 Å². The molecule has 2 aromatic rings. The first-order valence-corrected chi connectivity index (χ1v) is 7.55. The molecule has 8 heteroatoms. The molecule has 2 heterocycles. The van der Waals surface area contributed by atoms with Gasteiger partial charge in [-0.05, 0) is 23.8 Å². The second-order valence-electron chi connectivity index (χ2n) is 5.64. The Labute approximate surface area is 141 Å². The molecule has 25 heavy (non-hydrogen) atoms. The van der Waals surface area contributed by atoms with Crippen molar-refractivity contribution < 1.29 is 22.7 Å². The van der Waals surface area contributed by atoms with Crippen LogP contribution in [0.3, 0.4) is 0 Å². The van der Waals surface area contributed by atoms with Crippen molar-refractivity contribution in [2.75, 3.05) is 19.7 Å². The molecule has 1 aliphatic heterocycles. The summed E-state index contributed by atoms with van der Waals surface area (Å²) in [5.74, 6) is -0.252. The quantitative estimate of drug-likeness (QED) is 0.906. The number of H-pyrrole nitrogens is 1. The van der Waals surface area contributed by atoms with E-state index in [2.05, 4.69) is 4.98 Å². The molecule has 0 radical (unpaired) electrons. The standard InChI is InChI=1S/C17H14F3N3O2/c18-17(19,20)13-3-1-11(2-4-13)15-10-23(5-6-25-15)16(24)12-7-14(8-21)22-9-12/h1-4,7,9,15,22H,5-6,10H2/t15-/m1/s1. The summed E-state index contributed by atoms with van der Waals surface area (Å²) in [5, 5.41) is 8.81. The van der Waals surface area contributed by atoms with E-state index in [0.717, 1.165) is 12.1 Å². The van der Waals surface area contributed by atoms with Gasteiger partial charge < -0.3 is 14.6 Å². The summed E-state index contributed by atoms with van der Waals surface area (Å²) >= 11 is 0. The topological polar surface area (TPSA) is 69.1 Å². The van der Waals surface area contributed by atoms with Crippen molar-refractivity contribution in [1.29, 1.82) is 5.26 Å². The van der Waals surface area contributed by atoms with Gasteiger partial charge in [-0.1, -0.05) is 12.1 Å². The number of carbonyl (C=O) groups is 1. The number of nitriles is 1. The summed E-state index contributed by atoms with van der Waals surface area (Å²) in [4.78, 5) is 16.7. The SMILES string of the molecule is N#Cc1cc(C(=O)N2CCO[C@@H](c3ccc(C(F)(F)F)cc3)C2)c[nH]1. The number of aromatic nitrogens is 1. The number of amides is 1. The molecule has 1 amide bonds. The molecule has 3 rings (SSSR count). The number of rotatable bonds is 2. The van der Waals surface area contributed by atoms with Gasteiger partial charge in [-0.25, -0.2) is 0 Å². The third-order valence-electron chi connectivity index (χ3n) is 4.01. The zero-order valence-electron chi connectivity index (χ0n) is 13.0. The summed E-state index contributed by atoms with van der Waals surface area (Å²) in [7, 11) is 0. The maximum absolute atomic E-state index is 12.6. The van der Waals surface area contributed by atoms with Crippen LogP contribution >= 0.6 is 0 Å². The van der Waals surface area contributed by atoms with Crippen LogP contribution in [-0.4, -0.2) is 35.5 Å². The van der Waals surface area contributed by atoms with Gasteiger partial charge in [0.25, 0.3) is 5.91 Å². The fourth-order valence-electron chi connectivity index (χ4n) is 2.69. The number of benzene rings is 1. The van der Waals surface area contributed by atoms with E-state index in [1.165, 1.54) is 24.4 Å².